The summed E-state index contributed by atoms with van der Waals surface area (Å²) in [4.78, 5) is 2.01. The lowest BCUT2D eigenvalue weighted by molar-refractivity contribution is 0.296. The highest BCUT2D eigenvalue weighted by molar-refractivity contribution is 9.10. The largest absolute Gasteiger partial charge is 0.444 e. The number of hydrogen-bond acceptors (Lipinski definition) is 6. The molecular formula is C10H13BrN4O2. The molecule has 6 nitrogen and oxygen atoms in total. The minimum absolute atomic E-state index is 0.381. The molecule has 0 amide bonds. The molecule has 0 radical (unpaired) electrons. The first kappa shape index (κ1) is 12.3. The molecular weight excluding hydrogens is 288 g/mol. The molecule has 2 aromatic rings. The van der Waals surface area contributed by atoms with Gasteiger partial charge in [-0.15, -0.1) is 10.2 Å². The Morgan fingerprint density at radius 3 is 2.82 bits per heavy atom. The van der Waals surface area contributed by atoms with Gasteiger partial charge < -0.3 is 14.6 Å². The fraction of sp³-hybridized carbons (Fsp3) is 0.400. The third kappa shape index (κ3) is 3.15. The summed E-state index contributed by atoms with van der Waals surface area (Å²) in [5.41, 5.74) is 5.45. The van der Waals surface area contributed by atoms with Crippen LogP contribution < -0.4 is 5.73 Å². The van der Waals surface area contributed by atoms with E-state index in [1.165, 1.54) is 0 Å². The van der Waals surface area contributed by atoms with Gasteiger partial charge in [-0.3, -0.25) is 4.90 Å². The summed E-state index contributed by atoms with van der Waals surface area (Å²) >= 11 is 3.22. The van der Waals surface area contributed by atoms with Gasteiger partial charge in [0.2, 0.25) is 5.89 Å². The first-order valence-corrected chi connectivity index (χ1v) is 5.95. The zero-order valence-corrected chi connectivity index (χ0v) is 11.0. The number of hydrogen-bond donors (Lipinski definition) is 1. The summed E-state index contributed by atoms with van der Waals surface area (Å²) in [6.45, 7) is 1.96. The van der Waals surface area contributed by atoms with Crippen LogP contribution in [-0.4, -0.2) is 35.2 Å². The second kappa shape index (κ2) is 5.44. The highest BCUT2D eigenvalue weighted by atomic mass is 79.9. The Bertz CT molecular complexity index is 482. The number of nitrogens with zero attached hydrogens (tertiary/aromatic N) is 3. The monoisotopic (exact) mass is 300 g/mol. The van der Waals surface area contributed by atoms with Gasteiger partial charge in [-0.2, -0.15) is 0 Å². The first-order chi connectivity index (χ1) is 8.19. The summed E-state index contributed by atoms with van der Waals surface area (Å²) < 4.78 is 11.4. The Labute approximate surface area is 107 Å². The van der Waals surface area contributed by atoms with Gasteiger partial charge in [0.15, 0.2) is 10.4 Å². The van der Waals surface area contributed by atoms with Crippen molar-refractivity contribution < 1.29 is 8.83 Å². The van der Waals surface area contributed by atoms with E-state index in [0.717, 1.165) is 6.54 Å². The van der Waals surface area contributed by atoms with Crippen molar-refractivity contribution in [2.24, 2.45) is 5.73 Å². The molecule has 2 heterocycles. The van der Waals surface area contributed by atoms with Crippen LogP contribution in [0, 0.1) is 0 Å². The van der Waals surface area contributed by atoms with E-state index >= 15 is 0 Å². The van der Waals surface area contributed by atoms with Gasteiger partial charge in [-0.1, -0.05) is 0 Å². The maximum absolute atomic E-state index is 5.48. The summed E-state index contributed by atoms with van der Waals surface area (Å²) in [6.07, 6.45) is 0. The molecule has 0 unspecified atom stereocenters. The minimum Gasteiger partial charge on any atom is -0.444 e. The Morgan fingerprint density at radius 1 is 1.35 bits per heavy atom. The molecule has 2 N–H and O–H groups in total. The van der Waals surface area contributed by atoms with Gasteiger partial charge in [0, 0.05) is 13.1 Å². The SMILES string of the molecule is CN(CCN)Cc1nnc(-c2ccc(Br)o2)o1. The molecule has 0 atom stereocenters. The molecule has 92 valence electrons. The molecule has 0 aliphatic rings. The molecule has 2 aromatic heterocycles. The zero-order chi connectivity index (χ0) is 12.3. The molecule has 0 fully saturated rings. The van der Waals surface area contributed by atoms with E-state index in [1.54, 1.807) is 12.1 Å². The standard InChI is InChI=1S/C10H13BrN4O2/c1-15(5-4-12)6-9-13-14-10(17-9)7-2-3-8(11)16-7/h2-3H,4-6,12H2,1H3. The van der Waals surface area contributed by atoms with Crippen molar-refractivity contribution >= 4 is 15.9 Å². The lowest BCUT2D eigenvalue weighted by atomic mass is 10.4. The topological polar surface area (TPSA) is 81.3 Å². The van der Waals surface area contributed by atoms with Crippen molar-refractivity contribution in [3.05, 3.63) is 22.7 Å². The second-order valence-electron chi connectivity index (χ2n) is 3.63. The van der Waals surface area contributed by atoms with Gasteiger partial charge in [-0.25, -0.2) is 0 Å². The molecule has 0 saturated carbocycles. The van der Waals surface area contributed by atoms with Crippen LogP contribution in [0.25, 0.3) is 11.7 Å². The van der Waals surface area contributed by atoms with Crippen molar-refractivity contribution in [2.75, 3.05) is 20.1 Å². The first-order valence-electron chi connectivity index (χ1n) is 5.15. The summed E-state index contributed by atoms with van der Waals surface area (Å²) in [5.74, 6) is 1.48. The molecule has 7 heteroatoms. The Kier molecular flexibility index (Phi) is 3.93. The van der Waals surface area contributed by atoms with Crippen LogP contribution in [0.5, 0.6) is 0 Å². The third-order valence-corrected chi connectivity index (χ3v) is 2.59. The highest BCUT2D eigenvalue weighted by Crippen LogP contribution is 2.23. The van der Waals surface area contributed by atoms with Crippen LogP contribution in [0.15, 0.2) is 25.6 Å². The molecule has 0 saturated heterocycles. The van der Waals surface area contributed by atoms with E-state index in [9.17, 15) is 0 Å². The Balaban J connectivity index is 2.05. The Hall–Kier alpha value is -1.18. The van der Waals surface area contributed by atoms with Gasteiger partial charge in [0.25, 0.3) is 5.89 Å². The number of nitrogens with two attached hydrogens (primary N) is 1. The number of halogens is 1. The summed E-state index contributed by atoms with van der Waals surface area (Å²) in [6, 6.07) is 3.55. The molecule has 0 aliphatic carbocycles. The van der Waals surface area contributed by atoms with Crippen LogP contribution in [0.1, 0.15) is 5.89 Å². The van der Waals surface area contributed by atoms with Crippen LogP contribution in [0.2, 0.25) is 0 Å². The number of furan rings is 1. The van der Waals surface area contributed by atoms with E-state index in [1.807, 2.05) is 11.9 Å². The van der Waals surface area contributed by atoms with Gasteiger partial charge in [0.1, 0.15) is 0 Å². The summed E-state index contributed by atoms with van der Waals surface area (Å²) in [5, 5.41) is 7.87. The molecule has 0 bridgehead atoms. The zero-order valence-electron chi connectivity index (χ0n) is 9.39. The lowest BCUT2D eigenvalue weighted by Gasteiger charge is -2.11. The molecule has 0 spiro atoms. The average Bonchev–Trinajstić information content (AvgIpc) is 2.87. The molecule has 0 aliphatic heterocycles. The van der Waals surface area contributed by atoms with Gasteiger partial charge in [0.05, 0.1) is 6.54 Å². The molecule has 0 aromatic carbocycles. The minimum atomic E-state index is 0.381. The average molecular weight is 301 g/mol. The van der Waals surface area contributed by atoms with Crippen LogP contribution in [0.3, 0.4) is 0 Å². The van der Waals surface area contributed by atoms with E-state index in [-0.39, 0.29) is 0 Å². The summed E-state index contributed by atoms with van der Waals surface area (Å²) in [7, 11) is 1.94. The van der Waals surface area contributed by atoms with Crippen molar-refractivity contribution in [1.29, 1.82) is 0 Å². The second-order valence-corrected chi connectivity index (χ2v) is 4.41. The van der Waals surface area contributed by atoms with Crippen molar-refractivity contribution in [3.8, 4) is 11.7 Å². The van der Waals surface area contributed by atoms with Gasteiger partial charge in [-0.05, 0) is 35.1 Å². The molecule has 2 rings (SSSR count). The molecule has 17 heavy (non-hydrogen) atoms. The van der Waals surface area contributed by atoms with E-state index < -0.39 is 0 Å². The van der Waals surface area contributed by atoms with Crippen molar-refractivity contribution in [2.45, 2.75) is 6.54 Å². The maximum Gasteiger partial charge on any atom is 0.283 e. The number of rotatable bonds is 5. The van der Waals surface area contributed by atoms with Crippen LogP contribution in [0.4, 0.5) is 0 Å². The Morgan fingerprint density at radius 2 is 2.18 bits per heavy atom. The number of aromatic nitrogens is 2. The van der Waals surface area contributed by atoms with E-state index in [4.69, 9.17) is 14.6 Å². The quantitative estimate of drug-likeness (QED) is 0.901. The maximum atomic E-state index is 5.48. The van der Waals surface area contributed by atoms with Crippen molar-refractivity contribution in [1.82, 2.24) is 15.1 Å². The normalized spacial score (nSPS) is 11.3. The van der Waals surface area contributed by atoms with E-state index in [2.05, 4.69) is 26.1 Å². The fourth-order valence-electron chi connectivity index (χ4n) is 1.38. The van der Waals surface area contributed by atoms with E-state index in [0.29, 0.717) is 35.3 Å². The third-order valence-electron chi connectivity index (χ3n) is 2.17. The highest BCUT2D eigenvalue weighted by Gasteiger charge is 2.13. The number of likely N-dealkylation sites (N-methyl/N-ethyl adjacent to an activating group) is 1. The van der Waals surface area contributed by atoms with Crippen LogP contribution >= 0.6 is 15.9 Å². The van der Waals surface area contributed by atoms with Gasteiger partial charge >= 0.3 is 0 Å². The predicted octanol–water partition coefficient (Wildman–Crippen LogP) is 1.48. The van der Waals surface area contributed by atoms with Crippen molar-refractivity contribution in [3.63, 3.8) is 0 Å². The lowest BCUT2D eigenvalue weighted by Crippen LogP contribution is -2.25. The predicted molar refractivity (Wildman–Crippen MR) is 65.1 cm³/mol. The smallest absolute Gasteiger partial charge is 0.283 e. The fourth-order valence-corrected chi connectivity index (χ4v) is 1.68. The van der Waals surface area contributed by atoms with Crippen LogP contribution in [-0.2, 0) is 6.54 Å².